The second kappa shape index (κ2) is 10.8. The number of anilines is 1. The van der Waals surface area contributed by atoms with Crippen LogP contribution in [0.1, 0.15) is 38.7 Å². The third-order valence-electron chi connectivity index (χ3n) is 5.48. The van der Waals surface area contributed by atoms with Crippen LogP contribution in [-0.4, -0.2) is 53.1 Å². The van der Waals surface area contributed by atoms with Crippen LogP contribution >= 0.6 is 0 Å². The minimum absolute atomic E-state index is 0.0549. The van der Waals surface area contributed by atoms with Gasteiger partial charge in [0.1, 0.15) is 18.7 Å². The van der Waals surface area contributed by atoms with Crippen LogP contribution in [0.2, 0.25) is 0 Å². The summed E-state index contributed by atoms with van der Waals surface area (Å²) >= 11 is 0. The standard InChI is InChI=1S/C22H31N3O5/c1-4-13-30-22(29)24-12-6-7-18(24)21(28)25(19(20(23)27)15(3)5-2)17-10-8-16(14-26)9-11-17/h4,8-11,15,18-19,26H,1,5-7,12-14H2,2-3H3,(H2,23,27)/t15-,18-,19-/m0/s1. The highest BCUT2D eigenvalue weighted by Crippen LogP contribution is 2.28. The molecule has 1 saturated heterocycles. The summed E-state index contributed by atoms with van der Waals surface area (Å²) in [6, 6.07) is 5.12. The van der Waals surface area contributed by atoms with Gasteiger partial charge in [-0.3, -0.25) is 19.4 Å². The van der Waals surface area contributed by atoms with Gasteiger partial charge in [0, 0.05) is 12.2 Å². The molecule has 0 spiro atoms. The molecule has 1 aliphatic rings. The fourth-order valence-corrected chi connectivity index (χ4v) is 3.69. The number of hydrogen-bond donors (Lipinski definition) is 2. The summed E-state index contributed by atoms with van der Waals surface area (Å²) < 4.78 is 5.13. The van der Waals surface area contributed by atoms with E-state index < -0.39 is 24.1 Å². The van der Waals surface area contributed by atoms with Crippen molar-refractivity contribution in [3.63, 3.8) is 0 Å². The second-order valence-corrected chi connectivity index (χ2v) is 7.48. The van der Waals surface area contributed by atoms with E-state index in [1.807, 2.05) is 13.8 Å². The Bertz CT molecular complexity index is 765. The Morgan fingerprint density at radius 3 is 2.57 bits per heavy atom. The molecule has 0 aromatic heterocycles. The summed E-state index contributed by atoms with van der Waals surface area (Å²) in [6.45, 7) is 7.63. The third-order valence-corrected chi connectivity index (χ3v) is 5.48. The summed E-state index contributed by atoms with van der Waals surface area (Å²) in [5.74, 6) is -1.17. The van der Waals surface area contributed by atoms with Crippen molar-refractivity contribution >= 4 is 23.6 Å². The Kier molecular flexibility index (Phi) is 8.41. The summed E-state index contributed by atoms with van der Waals surface area (Å²) in [5, 5.41) is 9.32. The first kappa shape index (κ1) is 23.4. The average molecular weight is 418 g/mol. The molecule has 0 saturated carbocycles. The predicted octanol–water partition coefficient (Wildman–Crippen LogP) is 2.20. The van der Waals surface area contributed by atoms with E-state index in [1.165, 1.54) is 15.9 Å². The third kappa shape index (κ3) is 5.18. The number of hydrogen-bond acceptors (Lipinski definition) is 5. The van der Waals surface area contributed by atoms with E-state index in [2.05, 4.69) is 6.58 Å². The number of aliphatic hydroxyl groups is 1. The molecule has 3 amide bonds. The van der Waals surface area contributed by atoms with Crippen LogP contribution in [0.25, 0.3) is 0 Å². The number of aliphatic hydroxyl groups excluding tert-OH is 1. The molecule has 8 heteroatoms. The molecule has 3 N–H and O–H groups in total. The molecule has 0 unspecified atom stereocenters. The maximum Gasteiger partial charge on any atom is 0.410 e. The number of likely N-dealkylation sites (tertiary alicyclic amines) is 1. The lowest BCUT2D eigenvalue weighted by atomic mass is 9.95. The van der Waals surface area contributed by atoms with Crippen molar-refractivity contribution < 1.29 is 24.2 Å². The second-order valence-electron chi connectivity index (χ2n) is 7.48. The molecule has 1 heterocycles. The van der Waals surface area contributed by atoms with Crippen molar-refractivity contribution in [2.45, 2.75) is 51.8 Å². The molecule has 0 radical (unpaired) electrons. The minimum Gasteiger partial charge on any atom is -0.445 e. The lowest BCUT2D eigenvalue weighted by Gasteiger charge is -2.36. The number of carbonyl (C=O) groups is 3. The molecule has 164 valence electrons. The Balaban J connectivity index is 2.43. The molecule has 30 heavy (non-hydrogen) atoms. The zero-order chi connectivity index (χ0) is 22.3. The Labute approximate surface area is 177 Å². The molecular weight excluding hydrogens is 386 g/mol. The average Bonchev–Trinajstić information content (AvgIpc) is 3.24. The lowest BCUT2D eigenvalue weighted by Crippen LogP contribution is -2.57. The van der Waals surface area contributed by atoms with Crippen molar-refractivity contribution in [1.29, 1.82) is 0 Å². The number of rotatable bonds is 9. The molecule has 0 aliphatic carbocycles. The highest BCUT2D eigenvalue weighted by atomic mass is 16.6. The van der Waals surface area contributed by atoms with Crippen LogP contribution in [0.3, 0.4) is 0 Å². The van der Waals surface area contributed by atoms with Gasteiger partial charge in [0.25, 0.3) is 5.91 Å². The maximum atomic E-state index is 13.7. The van der Waals surface area contributed by atoms with Gasteiger partial charge in [-0.05, 0) is 36.5 Å². The maximum absolute atomic E-state index is 13.7. The van der Waals surface area contributed by atoms with Crippen LogP contribution in [0.15, 0.2) is 36.9 Å². The van der Waals surface area contributed by atoms with E-state index >= 15 is 0 Å². The van der Waals surface area contributed by atoms with Gasteiger partial charge >= 0.3 is 6.09 Å². The Hall–Kier alpha value is -2.87. The van der Waals surface area contributed by atoms with E-state index in [9.17, 15) is 19.5 Å². The smallest absolute Gasteiger partial charge is 0.410 e. The highest BCUT2D eigenvalue weighted by Gasteiger charge is 2.42. The van der Waals surface area contributed by atoms with Crippen LogP contribution in [-0.2, 0) is 20.9 Å². The number of nitrogens with zero attached hydrogens (tertiary/aromatic N) is 2. The Morgan fingerprint density at radius 2 is 2.03 bits per heavy atom. The fraction of sp³-hybridized carbons (Fsp3) is 0.500. The SMILES string of the molecule is C=CCOC(=O)N1CCC[C@H]1C(=O)N(c1ccc(CO)cc1)[C@H](C(N)=O)[C@@H](C)CC. The van der Waals surface area contributed by atoms with E-state index in [4.69, 9.17) is 10.5 Å². The van der Waals surface area contributed by atoms with Gasteiger partial charge in [-0.1, -0.05) is 45.1 Å². The molecule has 1 aliphatic heterocycles. The van der Waals surface area contributed by atoms with E-state index in [1.54, 1.807) is 24.3 Å². The summed E-state index contributed by atoms with van der Waals surface area (Å²) in [7, 11) is 0. The molecule has 1 aromatic rings. The van der Waals surface area contributed by atoms with Gasteiger partial charge < -0.3 is 15.6 Å². The van der Waals surface area contributed by atoms with Crippen molar-refractivity contribution in [2.75, 3.05) is 18.1 Å². The number of amides is 3. The quantitative estimate of drug-likeness (QED) is 0.598. The van der Waals surface area contributed by atoms with E-state index in [-0.39, 0.29) is 25.0 Å². The first-order valence-electron chi connectivity index (χ1n) is 10.2. The monoisotopic (exact) mass is 417 g/mol. The Morgan fingerprint density at radius 1 is 1.37 bits per heavy atom. The van der Waals surface area contributed by atoms with Gasteiger partial charge in [-0.2, -0.15) is 0 Å². The molecule has 8 nitrogen and oxygen atoms in total. The number of primary amides is 1. The zero-order valence-electron chi connectivity index (χ0n) is 17.6. The van der Waals surface area contributed by atoms with Crippen LogP contribution in [0.4, 0.5) is 10.5 Å². The summed E-state index contributed by atoms with van der Waals surface area (Å²) in [6.07, 6.45) is 2.65. The molecular formula is C22H31N3O5. The van der Waals surface area contributed by atoms with Gasteiger partial charge in [0.15, 0.2) is 0 Å². The number of benzene rings is 1. The van der Waals surface area contributed by atoms with Crippen LogP contribution in [0.5, 0.6) is 0 Å². The number of ether oxygens (including phenoxy) is 1. The normalized spacial score (nSPS) is 17.8. The van der Waals surface area contributed by atoms with Gasteiger partial charge in [-0.25, -0.2) is 4.79 Å². The van der Waals surface area contributed by atoms with Gasteiger partial charge in [-0.15, -0.1) is 0 Å². The van der Waals surface area contributed by atoms with Crippen LogP contribution in [0, 0.1) is 5.92 Å². The topological polar surface area (TPSA) is 113 Å². The predicted molar refractivity (Wildman–Crippen MR) is 114 cm³/mol. The molecule has 1 aromatic carbocycles. The molecule has 3 atom stereocenters. The number of carbonyl (C=O) groups excluding carboxylic acids is 3. The van der Waals surface area contributed by atoms with Crippen LogP contribution < -0.4 is 10.6 Å². The lowest BCUT2D eigenvalue weighted by molar-refractivity contribution is -0.127. The fourth-order valence-electron chi connectivity index (χ4n) is 3.69. The van der Waals surface area contributed by atoms with Gasteiger partial charge in [0.05, 0.1) is 6.61 Å². The minimum atomic E-state index is -0.867. The zero-order valence-corrected chi connectivity index (χ0v) is 17.6. The van der Waals surface area contributed by atoms with Gasteiger partial charge in [0.2, 0.25) is 5.91 Å². The van der Waals surface area contributed by atoms with E-state index in [0.29, 0.717) is 37.1 Å². The molecule has 0 bridgehead atoms. The number of nitrogens with two attached hydrogens (primary N) is 1. The largest absolute Gasteiger partial charge is 0.445 e. The van der Waals surface area contributed by atoms with Crippen molar-refractivity contribution in [1.82, 2.24) is 4.90 Å². The first-order chi connectivity index (χ1) is 14.3. The summed E-state index contributed by atoms with van der Waals surface area (Å²) in [5.41, 5.74) is 6.89. The summed E-state index contributed by atoms with van der Waals surface area (Å²) in [4.78, 5) is 41.3. The molecule has 1 fully saturated rings. The highest BCUT2D eigenvalue weighted by molar-refractivity contribution is 6.04. The van der Waals surface area contributed by atoms with E-state index in [0.717, 1.165) is 0 Å². The van der Waals surface area contributed by atoms with Crippen molar-refractivity contribution in [3.8, 4) is 0 Å². The molecule has 2 rings (SSSR count). The van der Waals surface area contributed by atoms with Crippen molar-refractivity contribution in [3.05, 3.63) is 42.5 Å². The van der Waals surface area contributed by atoms with Crippen molar-refractivity contribution in [2.24, 2.45) is 11.7 Å². The first-order valence-corrected chi connectivity index (χ1v) is 10.2.